The molecule has 0 aromatic carbocycles. The van der Waals surface area contributed by atoms with Crippen LogP contribution in [-0.4, -0.2) is 27.2 Å². The molecule has 0 fully saturated rings. The predicted molar refractivity (Wildman–Crippen MR) is 51.2 cm³/mol. The number of alkyl halides is 2. The Morgan fingerprint density at radius 2 is 1.21 bits per heavy atom. The Balaban J connectivity index is -0.0000000315. The van der Waals surface area contributed by atoms with E-state index in [2.05, 4.69) is 4.98 Å². The second kappa shape index (κ2) is 23.7. The van der Waals surface area contributed by atoms with E-state index in [0.29, 0.717) is 0 Å². The van der Waals surface area contributed by atoms with E-state index >= 15 is 0 Å². The summed E-state index contributed by atoms with van der Waals surface area (Å²) in [4.78, 5) is 3.56. The number of pyridine rings is 1. The Labute approximate surface area is 124 Å². The van der Waals surface area contributed by atoms with E-state index in [-0.39, 0.29) is 59.4 Å². The topological polar surface area (TPSA) is 12.9 Å². The van der Waals surface area contributed by atoms with Crippen LogP contribution in [-0.2, 0) is 0 Å². The van der Waals surface area contributed by atoms with Crippen molar-refractivity contribution in [1.29, 1.82) is 0 Å². The van der Waals surface area contributed by atoms with Crippen molar-refractivity contribution in [2.75, 3.05) is 0 Å². The molecule has 1 aromatic heterocycles. The van der Waals surface area contributed by atoms with Gasteiger partial charge in [0.25, 0.3) is 0 Å². The first-order valence-electron chi connectivity index (χ1n) is 2.86. The fourth-order valence-electron chi connectivity index (χ4n) is 0.313. The van der Waals surface area contributed by atoms with Crippen LogP contribution in [0.4, 0.5) is 0 Å². The standard InChI is InChI=1S/C5H5N.C2H4Cl2.Al.3ClH/c1-2-4-6-5-3-1;1-2(3)4;;;;/h1-5H;2H,1H3;;3*1H/q;;+3;;;/p-3. The summed E-state index contributed by atoms with van der Waals surface area (Å²) in [5.41, 5.74) is 0. The van der Waals surface area contributed by atoms with Crippen LogP contribution in [0.2, 0.25) is 0 Å². The van der Waals surface area contributed by atoms with E-state index in [9.17, 15) is 0 Å². The third-order valence-electron chi connectivity index (χ3n) is 0.566. The molecule has 0 atom stereocenters. The fourth-order valence-corrected chi connectivity index (χ4v) is 0.313. The minimum Gasteiger partial charge on any atom is -1.00 e. The summed E-state index contributed by atoms with van der Waals surface area (Å²) in [5, 5.41) is 0. The minimum atomic E-state index is -0.222. The van der Waals surface area contributed by atoms with E-state index < -0.39 is 0 Å². The first-order chi connectivity index (χ1) is 4.73. The Kier molecular flexibility index (Phi) is 49.9. The molecule has 0 aliphatic carbocycles. The summed E-state index contributed by atoms with van der Waals surface area (Å²) in [6, 6.07) is 5.72. The van der Waals surface area contributed by atoms with Gasteiger partial charge in [-0.15, -0.1) is 23.2 Å². The summed E-state index contributed by atoms with van der Waals surface area (Å²) < 4.78 is 0. The second-order valence-corrected chi connectivity index (χ2v) is 3.08. The van der Waals surface area contributed by atoms with E-state index in [1.165, 1.54) is 0 Å². The average Bonchev–Trinajstić information content (AvgIpc) is 1.90. The normalized spacial score (nSPS) is 6.00. The number of nitrogens with zero attached hydrogens (tertiary/aromatic N) is 1. The number of aromatic nitrogens is 1. The van der Waals surface area contributed by atoms with Crippen molar-refractivity contribution in [2.24, 2.45) is 0 Å². The van der Waals surface area contributed by atoms with Crippen molar-refractivity contribution in [3.63, 3.8) is 0 Å². The molecular formula is C7H9AlCl5N. The second-order valence-electron chi connectivity index (χ2n) is 1.54. The third-order valence-corrected chi connectivity index (χ3v) is 0.566. The number of hydrogen-bond donors (Lipinski definition) is 0. The van der Waals surface area contributed by atoms with Gasteiger partial charge < -0.3 is 37.2 Å². The van der Waals surface area contributed by atoms with Crippen LogP contribution < -0.4 is 37.2 Å². The zero-order valence-electron chi connectivity index (χ0n) is 7.38. The first-order valence-corrected chi connectivity index (χ1v) is 3.74. The molecule has 7 heteroatoms. The van der Waals surface area contributed by atoms with Gasteiger partial charge in [0.2, 0.25) is 0 Å². The molecule has 1 nitrogen and oxygen atoms in total. The van der Waals surface area contributed by atoms with Crippen molar-refractivity contribution in [3.05, 3.63) is 30.6 Å². The Hall–Kier alpha value is 1.13. The molecule has 0 unspecified atom stereocenters. The van der Waals surface area contributed by atoms with Crippen molar-refractivity contribution in [1.82, 2.24) is 4.98 Å². The van der Waals surface area contributed by atoms with Gasteiger partial charge >= 0.3 is 17.4 Å². The zero-order valence-corrected chi connectivity index (χ0v) is 12.3. The van der Waals surface area contributed by atoms with Crippen LogP contribution in [0.25, 0.3) is 0 Å². The summed E-state index contributed by atoms with van der Waals surface area (Å²) >= 11 is 10.1. The molecule has 0 amide bonds. The van der Waals surface area contributed by atoms with Gasteiger partial charge in [-0.05, 0) is 19.1 Å². The van der Waals surface area contributed by atoms with Gasteiger partial charge in [0.15, 0.2) is 0 Å². The maximum absolute atomic E-state index is 5.04. The Bertz CT molecular complexity index is 123. The largest absolute Gasteiger partial charge is 3.00 e. The van der Waals surface area contributed by atoms with Crippen molar-refractivity contribution >= 4 is 40.6 Å². The molecule has 80 valence electrons. The molecule has 1 rings (SSSR count). The molecule has 14 heavy (non-hydrogen) atoms. The van der Waals surface area contributed by atoms with Crippen LogP contribution in [0.15, 0.2) is 30.6 Å². The molecule has 0 bridgehead atoms. The van der Waals surface area contributed by atoms with Gasteiger partial charge in [0.1, 0.15) is 4.84 Å². The number of rotatable bonds is 0. The van der Waals surface area contributed by atoms with Gasteiger partial charge in [-0.2, -0.15) is 0 Å². The monoisotopic (exact) mass is 309 g/mol. The van der Waals surface area contributed by atoms with Gasteiger partial charge in [-0.25, -0.2) is 0 Å². The third kappa shape index (κ3) is 38.0. The SMILES string of the molecule is CC(Cl)Cl.[Al+3].[Cl-].[Cl-].[Cl-].c1ccncc1. The number of hydrogen-bond acceptors (Lipinski definition) is 1. The summed E-state index contributed by atoms with van der Waals surface area (Å²) in [6.07, 6.45) is 3.50. The molecule has 1 heterocycles. The van der Waals surface area contributed by atoms with Crippen LogP contribution in [0, 0.1) is 0 Å². The van der Waals surface area contributed by atoms with Gasteiger partial charge in [0.05, 0.1) is 0 Å². The molecule has 0 radical (unpaired) electrons. The quantitative estimate of drug-likeness (QED) is 0.343. The summed E-state index contributed by atoms with van der Waals surface area (Å²) in [6.45, 7) is 1.70. The van der Waals surface area contributed by atoms with E-state index in [0.717, 1.165) is 0 Å². The number of halogens is 5. The van der Waals surface area contributed by atoms with Crippen molar-refractivity contribution in [2.45, 2.75) is 11.8 Å². The molecule has 1 aromatic rings. The van der Waals surface area contributed by atoms with Crippen LogP contribution in [0.1, 0.15) is 6.92 Å². The molecule has 0 saturated heterocycles. The molecular weight excluding hydrogens is 302 g/mol. The van der Waals surface area contributed by atoms with Crippen LogP contribution in [0.3, 0.4) is 0 Å². The maximum Gasteiger partial charge on any atom is 3.00 e. The van der Waals surface area contributed by atoms with Gasteiger partial charge in [-0.3, -0.25) is 4.98 Å². The van der Waals surface area contributed by atoms with Crippen molar-refractivity contribution < 1.29 is 37.2 Å². The maximum atomic E-state index is 5.04. The first kappa shape index (κ1) is 29.4. The van der Waals surface area contributed by atoms with E-state index in [4.69, 9.17) is 23.2 Å². The van der Waals surface area contributed by atoms with Gasteiger partial charge in [0, 0.05) is 12.4 Å². The fraction of sp³-hybridized carbons (Fsp3) is 0.286. The van der Waals surface area contributed by atoms with Crippen molar-refractivity contribution in [3.8, 4) is 0 Å². The Morgan fingerprint density at radius 1 is 0.929 bits per heavy atom. The molecule has 0 saturated carbocycles. The summed E-state index contributed by atoms with van der Waals surface area (Å²) in [7, 11) is 0. The van der Waals surface area contributed by atoms with E-state index in [1.807, 2.05) is 18.2 Å². The van der Waals surface area contributed by atoms with Crippen LogP contribution in [0.5, 0.6) is 0 Å². The smallest absolute Gasteiger partial charge is 1.00 e. The van der Waals surface area contributed by atoms with E-state index in [1.54, 1.807) is 19.3 Å². The molecule has 0 aliphatic heterocycles. The molecule has 0 aliphatic rings. The molecule has 0 spiro atoms. The zero-order chi connectivity index (χ0) is 7.82. The summed E-state index contributed by atoms with van der Waals surface area (Å²) in [5.74, 6) is 0. The predicted octanol–water partition coefficient (Wildman–Crippen LogP) is -6.48. The minimum absolute atomic E-state index is 0. The average molecular weight is 311 g/mol. The Morgan fingerprint density at radius 3 is 1.29 bits per heavy atom. The van der Waals surface area contributed by atoms with Crippen LogP contribution >= 0.6 is 23.2 Å². The van der Waals surface area contributed by atoms with Gasteiger partial charge in [-0.1, -0.05) is 6.07 Å². The molecule has 0 N–H and O–H groups in total.